The number of nitrogens with one attached hydrogen (secondary N) is 2. The largest absolute Gasteiger partial charge is 0.481 e. The van der Waals surface area contributed by atoms with Gasteiger partial charge in [0.25, 0.3) is 0 Å². The first kappa shape index (κ1) is 24.2. The minimum Gasteiger partial charge on any atom is -0.481 e. The Morgan fingerprint density at radius 2 is 2.18 bits per heavy atom. The Morgan fingerprint density at radius 3 is 2.76 bits per heavy atom. The lowest BCUT2D eigenvalue weighted by atomic mass is 9.81. The van der Waals surface area contributed by atoms with Gasteiger partial charge in [-0.25, -0.2) is 4.98 Å². The number of carbonyl (C=O) groups is 1. The summed E-state index contributed by atoms with van der Waals surface area (Å²) < 4.78 is 6.08. The average Bonchev–Trinajstić information content (AvgIpc) is 3.32. The monoisotopic (exact) mass is 452 g/mol. The van der Waals surface area contributed by atoms with Gasteiger partial charge >= 0.3 is 5.97 Å². The van der Waals surface area contributed by atoms with Crippen molar-refractivity contribution in [2.45, 2.75) is 52.4 Å². The molecule has 33 heavy (non-hydrogen) atoms. The van der Waals surface area contributed by atoms with Crippen molar-refractivity contribution >= 4 is 5.97 Å². The van der Waals surface area contributed by atoms with Gasteiger partial charge in [-0.3, -0.25) is 4.79 Å². The molecular weight excluding hydrogens is 420 g/mol. The smallest absolute Gasteiger partial charge is 0.307 e. The number of aliphatic carboxylic acids is 1. The van der Waals surface area contributed by atoms with Gasteiger partial charge in [0, 0.05) is 36.0 Å². The van der Waals surface area contributed by atoms with E-state index in [-0.39, 0.29) is 5.92 Å². The fourth-order valence-corrected chi connectivity index (χ4v) is 4.03. The number of aromatic amines is 1. The normalized spacial score (nSPS) is 17.6. The maximum Gasteiger partial charge on any atom is 0.307 e. The van der Waals surface area contributed by atoms with Crippen LogP contribution in [0.2, 0.25) is 0 Å². The number of tetrazole rings is 1. The molecule has 2 aromatic rings. The van der Waals surface area contributed by atoms with E-state index in [1.807, 2.05) is 39.0 Å². The summed E-state index contributed by atoms with van der Waals surface area (Å²) in [4.78, 5) is 16.5. The standard InChI is InChI=1S/C24H32N6O3/c1-5-7-21(18-8-6-11-25-16(18)4)33-22-10-9-17(14-26-22)13-19(23-27-29-30-28-23)20(24(31)32)12-15(2)3/h5,7,9-10,14-15,19-20,25H,4,6,8,11-13H2,1-3H3,(H,31,32)(H,27,28,29,30)/b7-5-,21-18+/t19-,20-/m0/s1. The number of H-pyrrole nitrogens is 1. The zero-order valence-electron chi connectivity index (χ0n) is 19.4. The lowest BCUT2D eigenvalue weighted by molar-refractivity contribution is -0.143. The van der Waals surface area contributed by atoms with Crippen molar-refractivity contribution < 1.29 is 14.6 Å². The van der Waals surface area contributed by atoms with E-state index in [0.29, 0.717) is 24.5 Å². The summed E-state index contributed by atoms with van der Waals surface area (Å²) >= 11 is 0. The second-order valence-corrected chi connectivity index (χ2v) is 8.61. The minimum atomic E-state index is -0.865. The van der Waals surface area contributed by atoms with Crippen LogP contribution in [-0.2, 0) is 11.2 Å². The minimum absolute atomic E-state index is 0.219. The molecule has 3 heterocycles. The van der Waals surface area contributed by atoms with Crippen LogP contribution in [-0.4, -0.2) is 43.2 Å². The van der Waals surface area contributed by atoms with Crippen LogP contribution in [0, 0.1) is 11.8 Å². The number of ether oxygens (including phenoxy) is 1. The number of pyridine rings is 1. The second kappa shape index (κ2) is 11.4. The van der Waals surface area contributed by atoms with E-state index in [1.54, 1.807) is 12.3 Å². The number of rotatable bonds is 10. The first-order valence-electron chi connectivity index (χ1n) is 11.3. The van der Waals surface area contributed by atoms with E-state index in [0.717, 1.165) is 42.0 Å². The van der Waals surface area contributed by atoms with Crippen LogP contribution in [0.5, 0.6) is 5.88 Å². The third kappa shape index (κ3) is 6.50. The van der Waals surface area contributed by atoms with E-state index in [1.165, 1.54) is 0 Å². The average molecular weight is 453 g/mol. The van der Waals surface area contributed by atoms with E-state index < -0.39 is 17.8 Å². The molecule has 3 rings (SSSR count). The predicted octanol–water partition coefficient (Wildman–Crippen LogP) is 3.77. The van der Waals surface area contributed by atoms with Crippen LogP contribution in [0.25, 0.3) is 0 Å². The van der Waals surface area contributed by atoms with Gasteiger partial charge in [0.2, 0.25) is 5.88 Å². The third-order valence-electron chi connectivity index (χ3n) is 5.61. The molecule has 0 unspecified atom stereocenters. The van der Waals surface area contributed by atoms with Gasteiger partial charge in [0.1, 0.15) is 5.76 Å². The van der Waals surface area contributed by atoms with Gasteiger partial charge < -0.3 is 15.2 Å². The van der Waals surface area contributed by atoms with Crippen molar-refractivity contribution in [3.05, 3.63) is 65.5 Å². The van der Waals surface area contributed by atoms with Crippen molar-refractivity contribution in [1.29, 1.82) is 0 Å². The Labute approximate surface area is 194 Å². The molecule has 0 radical (unpaired) electrons. The van der Waals surface area contributed by atoms with Gasteiger partial charge in [0.15, 0.2) is 5.82 Å². The molecule has 0 aromatic carbocycles. The van der Waals surface area contributed by atoms with E-state index >= 15 is 0 Å². The van der Waals surface area contributed by atoms with E-state index in [9.17, 15) is 9.90 Å². The zero-order valence-corrected chi connectivity index (χ0v) is 19.4. The molecule has 1 aliphatic rings. The highest BCUT2D eigenvalue weighted by molar-refractivity contribution is 5.71. The summed E-state index contributed by atoms with van der Waals surface area (Å²) in [5.74, 6) is -0.115. The van der Waals surface area contributed by atoms with Crippen LogP contribution in [0.4, 0.5) is 0 Å². The number of piperidine rings is 1. The second-order valence-electron chi connectivity index (χ2n) is 8.61. The predicted molar refractivity (Wildman–Crippen MR) is 124 cm³/mol. The molecule has 176 valence electrons. The molecule has 0 spiro atoms. The summed E-state index contributed by atoms with van der Waals surface area (Å²) in [6, 6.07) is 3.69. The van der Waals surface area contributed by atoms with Gasteiger partial charge in [-0.2, -0.15) is 5.21 Å². The summed E-state index contributed by atoms with van der Waals surface area (Å²) in [6.07, 6.45) is 8.41. The number of nitrogens with zero attached hydrogens (tertiary/aromatic N) is 4. The molecule has 2 aromatic heterocycles. The Kier molecular flexibility index (Phi) is 8.34. The highest BCUT2D eigenvalue weighted by Crippen LogP contribution is 2.31. The van der Waals surface area contributed by atoms with Crippen LogP contribution in [0.15, 0.2) is 54.1 Å². The summed E-state index contributed by atoms with van der Waals surface area (Å²) in [6.45, 7) is 10.9. The molecule has 1 aliphatic heterocycles. The molecule has 0 saturated carbocycles. The van der Waals surface area contributed by atoms with Crippen LogP contribution < -0.4 is 10.1 Å². The molecule has 2 atom stereocenters. The Hall–Kier alpha value is -3.49. The lowest BCUT2D eigenvalue weighted by Crippen LogP contribution is -2.26. The van der Waals surface area contributed by atoms with Crippen molar-refractivity contribution in [2.24, 2.45) is 11.8 Å². The molecule has 1 fully saturated rings. The number of aromatic nitrogens is 5. The van der Waals surface area contributed by atoms with E-state index in [4.69, 9.17) is 4.74 Å². The zero-order chi connectivity index (χ0) is 23.8. The van der Waals surface area contributed by atoms with Crippen LogP contribution in [0.3, 0.4) is 0 Å². The first-order chi connectivity index (χ1) is 15.9. The highest BCUT2D eigenvalue weighted by atomic mass is 16.5. The first-order valence-corrected chi connectivity index (χ1v) is 11.3. The SMILES string of the molecule is C=C1NCCC/C1=C(/C=C\C)Oc1ccc(C[C@H](c2nn[nH]n2)[C@H](CC(C)C)C(=O)O)cn1. The van der Waals surface area contributed by atoms with Gasteiger partial charge in [-0.1, -0.05) is 37.8 Å². The fraction of sp³-hybridized carbons (Fsp3) is 0.458. The molecule has 0 bridgehead atoms. The van der Waals surface area contributed by atoms with Crippen molar-refractivity contribution in [1.82, 2.24) is 30.9 Å². The molecule has 9 nitrogen and oxygen atoms in total. The lowest BCUT2D eigenvalue weighted by Gasteiger charge is -2.23. The molecule has 3 N–H and O–H groups in total. The number of carboxylic acids is 1. The summed E-state index contributed by atoms with van der Waals surface area (Å²) in [5, 5.41) is 27.4. The number of hydrogen-bond acceptors (Lipinski definition) is 7. The van der Waals surface area contributed by atoms with Crippen LogP contribution in [0.1, 0.15) is 57.3 Å². The van der Waals surface area contributed by atoms with Crippen molar-refractivity contribution in [3.63, 3.8) is 0 Å². The molecule has 0 aliphatic carbocycles. The Morgan fingerprint density at radius 1 is 1.36 bits per heavy atom. The van der Waals surface area contributed by atoms with E-state index in [2.05, 4.69) is 37.5 Å². The van der Waals surface area contributed by atoms with Crippen LogP contribution >= 0.6 is 0 Å². The summed E-state index contributed by atoms with van der Waals surface area (Å²) in [5.41, 5.74) is 2.79. The molecular formula is C24H32N6O3. The number of allylic oxidation sites excluding steroid dienone is 3. The Bertz CT molecular complexity index is 996. The van der Waals surface area contributed by atoms with Crippen molar-refractivity contribution in [3.8, 4) is 5.88 Å². The topological polar surface area (TPSA) is 126 Å². The van der Waals surface area contributed by atoms with Gasteiger partial charge in [-0.05, 0) is 50.2 Å². The van der Waals surface area contributed by atoms with Gasteiger partial charge in [-0.15, -0.1) is 10.2 Å². The molecule has 0 amide bonds. The van der Waals surface area contributed by atoms with Crippen molar-refractivity contribution in [2.75, 3.05) is 6.54 Å². The fourth-order valence-electron chi connectivity index (χ4n) is 4.03. The molecule has 9 heteroatoms. The Balaban J connectivity index is 1.80. The quantitative estimate of drug-likeness (QED) is 0.465. The summed E-state index contributed by atoms with van der Waals surface area (Å²) in [7, 11) is 0. The number of carboxylic acid groups (broad SMARTS) is 1. The molecule has 1 saturated heterocycles. The third-order valence-corrected chi connectivity index (χ3v) is 5.61. The maximum atomic E-state index is 12.0. The highest BCUT2D eigenvalue weighted by Gasteiger charge is 2.33. The maximum absolute atomic E-state index is 12.0. The number of hydrogen-bond donors (Lipinski definition) is 3. The van der Waals surface area contributed by atoms with Gasteiger partial charge in [0.05, 0.1) is 5.92 Å².